The van der Waals surface area contributed by atoms with Gasteiger partial charge in [0.25, 0.3) is 11.8 Å². The Hall–Kier alpha value is -3.53. The SMILES string of the molecule is O=C(O)C(CCCN1C(=O)c2ccccc2C1=O)NS(=O)(=O)c1ccc(-c2ccc(Cl)cc2)cc1. The molecule has 0 aromatic heterocycles. The number of aliphatic carboxylic acids is 1. The first kappa shape index (κ1) is 24.6. The standard InChI is InChI=1S/C25H21ClN2O6S/c26-18-11-7-16(8-12-18)17-9-13-19(14-10-17)35(33,34)27-22(25(31)32)6-3-15-28-23(29)20-4-1-2-5-21(20)24(28)30/h1-2,4-5,7-14,22,27H,3,6,15H2,(H,31,32). The van der Waals surface area contributed by atoms with E-state index in [-0.39, 0.29) is 24.3 Å². The van der Waals surface area contributed by atoms with Crippen LogP contribution in [-0.4, -0.2) is 48.8 Å². The lowest BCUT2D eigenvalue weighted by Gasteiger charge is -2.17. The highest BCUT2D eigenvalue weighted by Crippen LogP contribution is 2.24. The first-order chi connectivity index (χ1) is 16.7. The third-order valence-electron chi connectivity index (χ3n) is 5.69. The molecule has 0 aliphatic carbocycles. The number of carbonyl (C=O) groups is 3. The van der Waals surface area contributed by atoms with Crippen molar-refractivity contribution >= 4 is 39.4 Å². The number of carboxylic acids is 1. The number of nitrogens with zero attached hydrogens (tertiary/aromatic N) is 1. The molecular formula is C25H21ClN2O6S. The van der Waals surface area contributed by atoms with E-state index in [2.05, 4.69) is 4.72 Å². The number of fused-ring (bicyclic) bond motifs is 1. The second kappa shape index (κ2) is 9.99. The first-order valence-electron chi connectivity index (χ1n) is 10.7. The van der Waals surface area contributed by atoms with Gasteiger partial charge in [-0.15, -0.1) is 0 Å². The molecule has 4 rings (SSSR count). The molecule has 2 N–H and O–H groups in total. The van der Waals surface area contributed by atoms with Crippen LogP contribution in [0.3, 0.4) is 0 Å². The van der Waals surface area contributed by atoms with Crippen molar-refractivity contribution in [3.63, 3.8) is 0 Å². The lowest BCUT2D eigenvalue weighted by molar-refractivity contribution is -0.139. The maximum atomic E-state index is 12.8. The van der Waals surface area contributed by atoms with E-state index in [0.29, 0.717) is 16.1 Å². The average Bonchev–Trinajstić information content (AvgIpc) is 3.09. The number of carboxylic acid groups (broad SMARTS) is 1. The number of sulfonamides is 1. The van der Waals surface area contributed by atoms with Gasteiger partial charge in [-0.1, -0.05) is 48.0 Å². The Kier molecular flexibility index (Phi) is 7.02. The molecule has 3 aromatic rings. The molecule has 1 aliphatic rings. The highest BCUT2D eigenvalue weighted by molar-refractivity contribution is 7.89. The van der Waals surface area contributed by atoms with Crippen molar-refractivity contribution in [2.75, 3.05) is 6.54 Å². The third-order valence-corrected chi connectivity index (χ3v) is 7.43. The molecule has 0 fully saturated rings. The molecule has 3 aromatic carbocycles. The molecule has 10 heteroatoms. The van der Waals surface area contributed by atoms with Crippen LogP contribution in [0.25, 0.3) is 11.1 Å². The van der Waals surface area contributed by atoms with Crippen LogP contribution >= 0.6 is 11.6 Å². The number of carbonyl (C=O) groups excluding carboxylic acids is 2. The second-order valence-electron chi connectivity index (χ2n) is 7.99. The number of amides is 2. The molecule has 1 atom stereocenters. The van der Waals surface area contributed by atoms with Crippen LogP contribution in [-0.2, 0) is 14.8 Å². The number of rotatable bonds is 9. The van der Waals surface area contributed by atoms with E-state index in [4.69, 9.17) is 11.6 Å². The van der Waals surface area contributed by atoms with E-state index in [1.54, 1.807) is 60.7 Å². The van der Waals surface area contributed by atoms with Gasteiger partial charge in [-0.2, -0.15) is 4.72 Å². The van der Waals surface area contributed by atoms with Gasteiger partial charge >= 0.3 is 5.97 Å². The molecule has 0 saturated heterocycles. The molecule has 35 heavy (non-hydrogen) atoms. The molecule has 8 nitrogen and oxygen atoms in total. The summed E-state index contributed by atoms with van der Waals surface area (Å²) in [5.41, 5.74) is 2.23. The summed E-state index contributed by atoms with van der Waals surface area (Å²) in [6, 6.07) is 18.1. The average molecular weight is 513 g/mol. The highest BCUT2D eigenvalue weighted by atomic mass is 35.5. The lowest BCUT2D eigenvalue weighted by atomic mass is 10.1. The molecule has 2 amide bonds. The fourth-order valence-corrected chi connectivity index (χ4v) is 5.20. The molecule has 1 unspecified atom stereocenters. The van der Waals surface area contributed by atoms with Gasteiger partial charge in [0, 0.05) is 11.6 Å². The molecule has 0 bridgehead atoms. The highest BCUT2D eigenvalue weighted by Gasteiger charge is 2.35. The molecule has 180 valence electrons. The molecule has 0 radical (unpaired) electrons. The van der Waals surface area contributed by atoms with Gasteiger partial charge in [-0.3, -0.25) is 19.3 Å². The second-order valence-corrected chi connectivity index (χ2v) is 10.1. The summed E-state index contributed by atoms with van der Waals surface area (Å²) >= 11 is 5.90. The predicted octanol–water partition coefficient (Wildman–Crippen LogP) is 3.81. The van der Waals surface area contributed by atoms with Crippen molar-refractivity contribution in [2.45, 2.75) is 23.8 Å². The van der Waals surface area contributed by atoms with E-state index in [1.807, 2.05) is 0 Å². The minimum absolute atomic E-state index is 0.0202. The smallest absolute Gasteiger partial charge is 0.321 e. The number of halogens is 1. The number of benzene rings is 3. The summed E-state index contributed by atoms with van der Waals surface area (Å²) in [5.74, 6) is -2.24. The van der Waals surface area contributed by atoms with Gasteiger partial charge in [0.1, 0.15) is 6.04 Å². The predicted molar refractivity (Wildman–Crippen MR) is 130 cm³/mol. The van der Waals surface area contributed by atoms with Crippen molar-refractivity contribution < 1.29 is 27.9 Å². The summed E-state index contributed by atoms with van der Waals surface area (Å²) in [5, 5.41) is 10.1. The summed E-state index contributed by atoms with van der Waals surface area (Å²) < 4.78 is 27.8. The Morgan fingerprint density at radius 2 is 1.40 bits per heavy atom. The van der Waals surface area contributed by atoms with Crippen molar-refractivity contribution in [2.24, 2.45) is 0 Å². The van der Waals surface area contributed by atoms with Gasteiger partial charge in [-0.25, -0.2) is 8.42 Å². The van der Waals surface area contributed by atoms with E-state index >= 15 is 0 Å². The Morgan fingerprint density at radius 3 is 1.91 bits per heavy atom. The molecule has 1 heterocycles. The Labute approximate surface area is 207 Å². The number of nitrogens with one attached hydrogen (secondary N) is 1. The van der Waals surface area contributed by atoms with Crippen LogP contribution in [0, 0.1) is 0 Å². The van der Waals surface area contributed by atoms with Crippen molar-refractivity contribution in [1.82, 2.24) is 9.62 Å². The van der Waals surface area contributed by atoms with E-state index in [9.17, 15) is 27.9 Å². The summed E-state index contributed by atoms with van der Waals surface area (Å²) in [6.45, 7) is -0.0202. The van der Waals surface area contributed by atoms with Crippen molar-refractivity contribution in [3.05, 3.63) is 88.9 Å². The van der Waals surface area contributed by atoms with Crippen molar-refractivity contribution in [1.29, 1.82) is 0 Å². The number of hydrogen-bond acceptors (Lipinski definition) is 5. The van der Waals surface area contributed by atoms with E-state index in [1.165, 1.54) is 12.1 Å². The topological polar surface area (TPSA) is 121 Å². The van der Waals surface area contributed by atoms with Gasteiger partial charge in [0.2, 0.25) is 10.0 Å². The van der Waals surface area contributed by atoms with Crippen LogP contribution in [0.15, 0.2) is 77.7 Å². The Bertz CT molecular complexity index is 1350. The zero-order chi connectivity index (χ0) is 25.2. The summed E-state index contributed by atoms with van der Waals surface area (Å²) in [6.07, 6.45) is 0.00524. The minimum Gasteiger partial charge on any atom is -0.480 e. The van der Waals surface area contributed by atoms with Gasteiger partial charge < -0.3 is 5.11 Å². The van der Waals surface area contributed by atoms with Crippen LogP contribution in [0.5, 0.6) is 0 Å². The van der Waals surface area contributed by atoms with Gasteiger partial charge in [-0.05, 0) is 60.4 Å². The van der Waals surface area contributed by atoms with Crippen LogP contribution in [0.2, 0.25) is 5.02 Å². The number of imide groups is 1. The fraction of sp³-hybridized carbons (Fsp3) is 0.160. The largest absolute Gasteiger partial charge is 0.480 e. The van der Waals surface area contributed by atoms with E-state index < -0.39 is 33.8 Å². The third kappa shape index (κ3) is 5.27. The molecule has 0 saturated carbocycles. The lowest BCUT2D eigenvalue weighted by Crippen LogP contribution is -2.41. The van der Waals surface area contributed by atoms with Crippen LogP contribution in [0.1, 0.15) is 33.6 Å². The fourth-order valence-electron chi connectivity index (χ4n) is 3.85. The minimum atomic E-state index is -4.12. The van der Waals surface area contributed by atoms with Crippen LogP contribution < -0.4 is 4.72 Å². The Balaban J connectivity index is 1.40. The summed E-state index contributed by atoms with van der Waals surface area (Å²) in [4.78, 5) is 37.6. The number of hydrogen-bond donors (Lipinski definition) is 2. The van der Waals surface area contributed by atoms with Gasteiger partial charge in [0.15, 0.2) is 0 Å². The molecule has 1 aliphatic heterocycles. The molecule has 0 spiro atoms. The monoisotopic (exact) mass is 512 g/mol. The zero-order valence-electron chi connectivity index (χ0n) is 18.3. The molecular weight excluding hydrogens is 492 g/mol. The maximum Gasteiger partial charge on any atom is 0.321 e. The first-order valence-corrected chi connectivity index (χ1v) is 12.6. The van der Waals surface area contributed by atoms with E-state index in [0.717, 1.165) is 16.0 Å². The zero-order valence-corrected chi connectivity index (χ0v) is 19.9. The van der Waals surface area contributed by atoms with Crippen LogP contribution in [0.4, 0.5) is 0 Å². The maximum absolute atomic E-state index is 12.8. The van der Waals surface area contributed by atoms with Gasteiger partial charge in [0.05, 0.1) is 16.0 Å². The normalized spacial score (nSPS) is 14.1. The Morgan fingerprint density at radius 1 is 0.886 bits per heavy atom. The van der Waals surface area contributed by atoms with Crippen molar-refractivity contribution in [3.8, 4) is 11.1 Å². The quantitative estimate of drug-likeness (QED) is 0.420. The summed E-state index contributed by atoms with van der Waals surface area (Å²) in [7, 11) is -4.12.